The van der Waals surface area contributed by atoms with Crippen molar-refractivity contribution < 1.29 is 14.6 Å². The fourth-order valence-electron chi connectivity index (χ4n) is 1.42. The van der Waals surface area contributed by atoms with Crippen molar-refractivity contribution in [2.45, 2.75) is 19.4 Å². The van der Waals surface area contributed by atoms with E-state index in [1.165, 1.54) is 13.2 Å². The number of rotatable bonds is 4. The summed E-state index contributed by atoms with van der Waals surface area (Å²) in [5.41, 5.74) is 1.64. The summed E-state index contributed by atoms with van der Waals surface area (Å²) >= 11 is 0. The Bertz CT molecular complexity index is 368. The highest BCUT2D eigenvalue weighted by atomic mass is 16.5. The Kier molecular flexibility index (Phi) is 4.73. The Morgan fingerprint density at radius 2 is 2.06 bits per heavy atom. The average molecular weight is 220 g/mol. The minimum Gasteiger partial charge on any atom is -0.466 e. The Hall–Kier alpha value is -1.61. The SMILES string of the molecule is COC(=O)/C=C(/C)CC(O)c1ccccc1. The van der Waals surface area contributed by atoms with Gasteiger partial charge in [0.25, 0.3) is 0 Å². The van der Waals surface area contributed by atoms with E-state index < -0.39 is 12.1 Å². The third kappa shape index (κ3) is 3.87. The van der Waals surface area contributed by atoms with Crippen LogP contribution in [0.5, 0.6) is 0 Å². The molecule has 0 heterocycles. The highest BCUT2D eigenvalue weighted by Gasteiger charge is 2.08. The lowest BCUT2D eigenvalue weighted by Gasteiger charge is -2.10. The van der Waals surface area contributed by atoms with E-state index in [2.05, 4.69) is 4.74 Å². The van der Waals surface area contributed by atoms with Crippen molar-refractivity contribution >= 4 is 5.97 Å². The second-order valence-electron chi connectivity index (χ2n) is 3.64. The molecule has 1 rings (SSSR count). The van der Waals surface area contributed by atoms with Crippen LogP contribution in [-0.4, -0.2) is 18.2 Å². The molecule has 3 nitrogen and oxygen atoms in total. The molecule has 3 heteroatoms. The van der Waals surface area contributed by atoms with Crippen LogP contribution < -0.4 is 0 Å². The number of carbonyl (C=O) groups is 1. The van der Waals surface area contributed by atoms with Gasteiger partial charge in [-0.1, -0.05) is 35.9 Å². The molecule has 0 aromatic heterocycles. The van der Waals surface area contributed by atoms with Crippen molar-refractivity contribution in [3.05, 3.63) is 47.5 Å². The normalized spacial score (nSPS) is 13.3. The van der Waals surface area contributed by atoms with Gasteiger partial charge in [0.2, 0.25) is 0 Å². The van der Waals surface area contributed by atoms with Crippen LogP contribution in [0.4, 0.5) is 0 Å². The molecule has 1 aromatic rings. The highest BCUT2D eigenvalue weighted by Crippen LogP contribution is 2.20. The number of methoxy groups -OCH3 is 1. The monoisotopic (exact) mass is 220 g/mol. The molecule has 1 unspecified atom stereocenters. The lowest BCUT2D eigenvalue weighted by atomic mass is 10.0. The predicted molar refractivity (Wildman–Crippen MR) is 61.8 cm³/mol. The van der Waals surface area contributed by atoms with E-state index >= 15 is 0 Å². The van der Waals surface area contributed by atoms with E-state index in [0.717, 1.165) is 11.1 Å². The molecule has 0 spiro atoms. The van der Waals surface area contributed by atoms with Crippen molar-refractivity contribution in [1.29, 1.82) is 0 Å². The highest BCUT2D eigenvalue weighted by molar-refractivity contribution is 5.82. The minimum absolute atomic E-state index is 0.391. The number of hydrogen-bond donors (Lipinski definition) is 1. The van der Waals surface area contributed by atoms with E-state index in [1.807, 2.05) is 30.3 Å². The van der Waals surface area contributed by atoms with Gasteiger partial charge in [-0.2, -0.15) is 0 Å². The van der Waals surface area contributed by atoms with Crippen molar-refractivity contribution in [3.8, 4) is 0 Å². The summed E-state index contributed by atoms with van der Waals surface area (Å²) in [4.78, 5) is 11.0. The van der Waals surface area contributed by atoms with Gasteiger partial charge >= 0.3 is 5.97 Å². The molecule has 0 aliphatic carbocycles. The van der Waals surface area contributed by atoms with Gasteiger partial charge in [-0.15, -0.1) is 0 Å². The summed E-state index contributed by atoms with van der Waals surface area (Å²) in [5.74, 6) is -0.391. The van der Waals surface area contributed by atoms with Crippen molar-refractivity contribution in [1.82, 2.24) is 0 Å². The fourth-order valence-corrected chi connectivity index (χ4v) is 1.42. The van der Waals surface area contributed by atoms with E-state index in [0.29, 0.717) is 6.42 Å². The summed E-state index contributed by atoms with van der Waals surface area (Å²) in [6, 6.07) is 9.36. The Balaban J connectivity index is 2.61. The molecule has 0 saturated carbocycles. The zero-order valence-corrected chi connectivity index (χ0v) is 9.51. The molecule has 0 fully saturated rings. The second kappa shape index (κ2) is 6.08. The second-order valence-corrected chi connectivity index (χ2v) is 3.64. The van der Waals surface area contributed by atoms with Gasteiger partial charge in [-0.25, -0.2) is 4.79 Å². The molecule has 1 N–H and O–H groups in total. The predicted octanol–water partition coefficient (Wildman–Crippen LogP) is 2.23. The molecule has 1 aromatic carbocycles. The van der Waals surface area contributed by atoms with Crippen LogP contribution >= 0.6 is 0 Å². The first-order valence-electron chi connectivity index (χ1n) is 5.11. The molecule has 0 amide bonds. The van der Waals surface area contributed by atoms with Crippen molar-refractivity contribution in [2.24, 2.45) is 0 Å². The standard InChI is InChI=1S/C13H16O3/c1-10(9-13(15)16-2)8-12(14)11-6-4-3-5-7-11/h3-7,9,12,14H,8H2,1-2H3/b10-9-. The third-order valence-corrected chi connectivity index (χ3v) is 2.27. The van der Waals surface area contributed by atoms with Crippen LogP contribution in [0.15, 0.2) is 42.0 Å². The van der Waals surface area contributed by atoms with E-state index in [9.17, 15) is 9.90 Å². The smallest absolute Gasteiger partial charge is 0.330 e. The maximum atomic E-state index is 11.0. The molecule has 86 valence electrons. The summed E-state index contributed by atoms with van der Waals surface area (Å²) < 4.78 is 4.51. The van der Waals surface area contributed by atoms with Gasteiger partial charge in [0.15, 0.2) is 0 Å². The fraction of sp³-hybridized carbons (Fsp3) is 0.308. The van der Waals surface area contributed by atoms with Crippen LogP contribution in [0, 0.1) is 0 Å². The van der Waals surface area contributed by atoms with E-state index in [4.69, 9.17) is 0 Å². The first-order valence-corrected chi connectivity index (χ1v) is 5.11. The summed E-state index contributed by atoms with van der Waals surface area (Å²) in [6.45, 7) is 1.79. The van der Waals surface area contributed by atoms with E-state index in [1.54, 1.807) is 6.92 Å². The van der Waals surface area contributed by atoms with Gasteiger partial charge in [0, 0.05) is 6.08 Å². The van der Waals surface area contributed by atoms with Gasteiger partial charge < -0.3 is 9.84 Å². The summed E-state index contributed by atoms with van der Waals surface area (Å²) in [7, 11) is 1.33. The van der Waals surface area contributed by atoms with Crippen LogP contribution in [0.25, 0.3) is 0 Å². The molecule has 16 heavy (non-hydrogen) atoms. The third-order valence-electron chi connectivity index (χ3n) is 2.27. The Labute approximate surface area is 95.4 Å². The molecule has 0 saturated heterocycles. The zero-order chi connectivity index (χ0) is 12.0. The number of ether oxygens (including phenoxy) is 1. The number of carbonyl (C=O) groups excluding carboxylic acids is 1. The first kappa shape index (κ1) is 12.5. The molecule has 0 aliphatic heterocycles. The molecular formula is C13H16O3. The van der Waals surface area contributed by atoms with Crippen LogP contribution in [0.2, 0.25) is 0 Å². The Morgan fingerprint density at radius 3 is 2.62 bits per heavy atom. The maximum absolute atomic E-state index is 11.0. The molecule has 0 bridgehead atoms. The van der Waals surface area contributed by atoms with Crippen molar-refractivity contribution in [2.75, 3.05) is 7.11 Å². The van der Waals surface area contributed by atoms with Crippen LogP contribution in [0.3, 0.4) is 0 Å². The molecule has 1 atom stereocenters. The molecule has 0 aliphatic rings. The number of benzene rings is 1. The number of aliphatic hydroxyl groups is 1. The number of esters is 1. The zero-order valence-electron chi connectivity index (χ0n) is 9.51. The number of aliphatic hydroxyl groups excluding tert-OH is 1. The minimum atomic E-state index is -0.581. The quantitative estimate of drug-likeness (QED) is 0.625. The van der Waals surface area contributed by atoms with Crippen molar-refractivity contribution in [3.63, 3.8) is 0 Å². The van der Waals surface area contributed by atoms with Gasteiger partial charge in [0.1, 0.15) is 0 Å². The first-order chi connectivity index (χ1) is 7.63. The van der Waals surface area contributed by atoms with E-state index in [-0.39, 0.29) is 0 Å². The van der Waals surface area contributed by atoms with Gasteiger partial charge in [-0.05, 0) is 18.9 Å². The van der Waals surface area contributed by atoms with Gasteiger partial charge in [0.05, 0.1) is 13.2 Å². The van der Waals surface area contributed by atoms with Crippen LogP contribution in [0.1, 0.15) is 25.0 Å². The number of hydrogen-bond acceptors (Lipinski definition) is 3. The molecular weight excluding hydrogens is 204 g/mol. The molecule has 0 radical (unpaired) electrons. The maximum Gasteiger partial charge on any atom is 0.330 e. The summed E-state index contributed by atoms with van der Waals surface area (Å²) in [5, 5.41) is 9.88. The Morgan fingerprint density at radius 1 is 1.44 bits per heavy atom. The summed E-state index contributed by atoms with van der Waals surface area (Å²) in [6.07, 6.45) is 1.24. The largest absolute Gasteiger partial charge is 0.466 e. The average Bonchev–Trinajstić information content (AvgIpc) is 2.29. The topological polar surface area (TPSA) is 46.5 Å². The lowest BCUT2D eigenvalue weighted by molar-refractivity contribution is -0.134. The lowest BCUT2D eigenvalue weighted by Crippen LogP contribution is -2.01. The van der Waals surface area contributed by atoms with Crippen LogP contribution in [-0.2, 0) is 9.53 Å². The van der Waals surface area contributed by atoms with Gasteiger partial charge in [-0.3, -0.25) is 0 Å².